The number of nitrogens with one attached hydrogen (secondary N) is 1. The lowest BCUT2D eigenvalue weighted by molar-refractivity contribution is -0.142. The molecule has 0 saturated carbocycles. The molecule has 0 spiro atoms. The lowest BCUT2D eigenvalue weighted by atomic mass is 10.1. The molecule has 9 heteroatoms. The average Bonchev–Trinajstić information content (AvgIpc) is 3.02. The Morgan fingerprint density at radius 2 is 1.84 bits per heavy atom. The number of carbonyl (C=O) groups excluding carboxylic acids is 2. The highest BCUT2D eigenvalue weighted by Crippen LogP contribution is 2.30. The van der Waals surface area contributed by atoms with Gasteiger partial charge in [-0.3, -0.25) is 19.5 Å². The molecule has 2 aromatic carbocycles. The van der Waals surface area contributed by atoms with E-state index in [2.05, 4.69) is 32.9 Å². The van der Waals surface area contributed by atoms with Crippen molar-refractivity contribution >= 4 is 51.4 Å². The van der Waals surface area contributed by atoms with E-state index in [0.29, 0.717) is 11.2 Å². The summed E-state index contributed by atoms with van der Waals surface area (Å²) in [6, 6.07) is 8.45. The molecule has 1 heterocycles. The summed E-state index contributed by atoms with van der Waals surface area (Å²) in [5, 5.41) is 2.73. The Bertz CT molecular complexity index is 1120. The molecule has 0 bridgehead atoms. The summed E-state index contributed by atoms with van der Waals surface area (Å²) in [6.45, 7) is 5.70. The van der Waals surface area contributed by atoms with Crippen LogP contribution in [0.15, 0.2) is 36.4 Å². The number of rotatable bonds is 7. The van der Waals surface area contributed by atoms with Crippen molar-refractivity contribution in [2.45, 2.75) is 37.0 Å². The van der Waals surface area contributed by atoms with Crippen molar-refractivity contribution in [3.63, 3.8) is 0 Å². The van der Waals surface area contributed by atoms with Crippen LogP contribution in [0.25, 0.3) is 16.7 Å². The van der Waals surface area contributed by atoms with E-state index in [4.69, 9.17) is 4.74 Å². The maximum atomic E-state index is 15.5. The van der Waals surface area contributed by atoms with Gasteiger partial charge in [0.15, 0.2) is 5.82 Å². The fraction of sp³-hybridized carbons (Fsp3) is 0.318. The number of alkyl halides is 1. The number of imidazole rings is 1. The van der Waals surface area contributed by atoms with Crippen molar-refractivity contribution in [1.82, 2.24) is 9.55 Å². The van der Waals surface area contributed by atoms with Crippen molar-refractivity contribution in [2.75, 3.05) is 11.9 Å². The number of anilines is 1. The molecule has 31 heavy (non-hydrogen) atoms. The van der Waals surface area contributed by atoms with Gasteiger partial charge in [0, 0.05) is 21.1 Å². The van der Waals surface area contributed by atoms with Gasteiger partial charge in [0.1, 0.15) is 11.3 Å². The minimum atomic E-state index is -0.655. The zero-order valence-electron chi connectivity index (χ0n) is 17.3. The van der Waals surface area contributed by atoms with Gasteiger partial charge in [0.25, 0.3) is 0 Å². The van der Waals surface area contributed by atoms with Crippen molar-refractivity contribution in [2.24, 2.45) is 0 Å². The molecular weight excluding hydrogens is 519 g/mol. The van der Waals surface area contributed by atoms with Crippen LogP contribution in [0.1, 0.15) is 32.8 Å². The summed E-state index contributed by atoms with van der Waals surface area (Å²) < 4.78 is 35.0. The van der Waals surface area contributed by atoms with Crippen molar-refractivity contribution in [3.05, 3.63) is 53.6 Å². The van der Waals surface area contributed by atoms with Gasteiger partial charge in [-0.25, -0.2) is 13.8 Å². The number of fused-ring (bicyclic) bond motifs is 1. The number of hydrogen-bond acceptors (Lipinski definition) is 4. The molecule has 3 rings (SSSR count). The van der Waals surface area contributed by atoms with Crippen LogP contribution in [-0.4, -0.2) is 31.5 Å². The summed E-state index contributed by atoms with van der Waals surface area (Å²) >= 11 is 2.17. The Balaban J connectivity index is 2.13. The fourth-order valence-corrected chi connectivity index (χ4v) is 3.50. The Morgan fingerprint density at radius 3 is 2.45 bits per heavy atom. The van der Waals surface area contributed by atoms with E-state index >= 15 is 4.39 Å². The quantitative estimate of drug-likeness (QED) is 0.261. The van der Waals surface area contributed by atoms with Crippen LogP contribution in [0.4, 0.5) is 14.7 Å². The zero-order chi connectivity index (χ0) is 22.8. The van der Waals surface area contributed by atoms with Crippen LogP contribution in [0.2, 0.25) is 0 Å². The van der Waals surface area contributed by atoms with E-state index in [1.165, 1.54) is 34.9 Å². The minimum Gasteiger partial charge on any atom is -0.466 e. The Labute approximate surface area is 192 Å². The molecule has 0 aliphatic carbocycles. The number of nitrogens with zero attached hydrogens (tertiary/aromatic N) is 2. The third-order valence-corrected chi connectivity index (χ3v) is 4.78. The van der Waals surface area contributed by atoms with Crippen LogP contribution in [0.3, 0.4) is 0 Å². The third-order valence-electron chi connectivity index (χ3n) is 4.39. The summed E-state index contributed by atoms with van der Waals surface area (Å²) in [6.07, 6.45) is -0.0221. The maximum Gasteiger partial charge on any atom is 0.310 e. The second kappa shape index (κ2) is 9.29. The van der Waals surface area contributed by atoms with Gasteiger partial charge in [-0.05, 0) is 37.3 Å². The van der Waals surface area contributed by atoms with Gasteiger partial charge in [-0.2, -0.15) is 0 Å². The van der Waals surface area contributed by atoms with Crippen molar-refractivity contribution in [1.29, 1.82) is 0 Å². The van der Waals surface area contributed by atoms with Gasteiger partial charge in [0.2, 0.25) is 11.9 Å². The topological polar surface area (TPSA) is 73.2 Å². The van der Waals surface area contributed by atoms with E-state index in [9.17, 15) is 14.0 Å². The number of halogens is 3. The lowest BCUT2D eigenvalue weighted by Gasteiger charge is -2.16. The Kier molecular flexibility index (Phi) is 6.93. The van der Waals surface area contributed by atoms with Crippen LogP contribution in [0.5, 0.6) is 0 Å². The number of aromatic nitrogens is 2. The highest BCUT2D eigenvalue weighted by Gasteiger charge is 2.23. The molecule has 0 fully saturated rings. The van der Waals surface area contributed by atoms with Crippen LogP contribution in [-0.2, 0) is 20.7 Å². The van der Waals surface area contributed by atoms with Gasteiger partial charge in [-0.15, -0.1) is 0 Å². The first-order valence-electron chi connectivity index (χ1n) is 9.69. The Hall–Kier alpha value is -2.56. The van der Waals surface area contributed by atoms with Gasteiger partial charge in [0.05, 0.1) is 18.5 Å². The second-order valence-electron chi connectivity index (χ2n) is 7.58. The fourth-order valence-electron chi connectivity index (χ4n) is 3.15. The van der Waals surface area contributed by atoms with E-state index in [-0.39, 0.29) is 45.8 Å². The SMILES string of the molecule is CCOC(=O)Cc1ccc2nc(NC(=O)CC(C)(C)I)n(-c3ccc(F)cc3)c2c1F. The number of carbonyl (C=O) groups is 2. The molecule has 0 saturated heterocycles. The molecule has 0 aliphatic heterocycles. The molecule has 0 aliphatic rings. The normalized spacial score (nSPS) is 11.5. The lowest BCUT2D eigenvalue weighted by Crippen LogP contribution is -2.23. The molecule has 1 N–H and O–H groups in total. The third kappa shape index (κ3) is 5.57. The molecule has 0 radical (unpaired) electrons. The summed E-state index contributed by atoms with van der Waals surface area (Å²) in [7, 11) is 0. The molecule has 0 unspecified atom stereocenters. The molecular formula is C22H22F2IN3O3. The number of amides is 1. The summed E-state index contributed by atoms with van der Waals surface area (Å²) in [5.74, 6) is -1.83. The zero-order valence-corrected chi connectivity index (χ0v) is 19.5. The predicted octanol–water partition coefficient (Wildman–Crippen LogP) is 4.95. The molecule has 0 atom stereocenters. The average molecular weight is 541 g/mol. The van der Waals surface area contributed by atoms with Crippen molar-refractivity contribution < 1.29 is 23.1 Å². The van der Waals surface area contributed by atoms with E-state index in [0.717, 1.165) is 0 Å². The first kappa shape index (κ1) is 23.1. The van der Waals surface area contributed by atoms with E-state index in [1.54, 1.807) is 13.0 Å². The maximum absolute atomic E-state index is 15.5. The first-order chi connectivity index (χ1) is 14.6. The highest BCUT2D eigenvalue weighted by molar-refractivity contribution is 14.1. The first-order valence-corrected chi connectivity index (χ1v) is 10.8. The van der Waals surface area contributed by atoms with E-state index < -0.39 is 17.6 Å². The monoisotopic (exact) mass is 541 g/mol. The van der Waals surface area contributed by atoms with E-state index in [1.807, 2.05) is 13.8 Å². The number of ether oxygens (including phenoxy) is 1. The Morgan fingerprint density at radius 1 is 1.16 bits per heavy atom. The largest absolute Gasteiger partial charge is 0.466 e. The predicted molar refractivity (Wildman–Crippen MR) is 123 cm³/mol. The highest BCUT2D eigenvalue weighted by atomic mass is 127. The number of esters is 1. The molecule has 164 valence electrons. The summed E-state index contributed by atoms with van der Waals surface area (Å²) in [4.78, 5) is 28.8. The van der Waals surface area contributed by atoms with Crippen LogP contribution in [0, 0.1) is 11.6 Å². The molecule has 6 nitrogen and oxygen atoms in total. The number of hydrogen-bond donors (Lipinski definition) is 1. The number of benzene rings is 2. The van der Waals surface area contributed by atoms with Gasteiger partial charge in [-0.1, -0.05) is 42.5 Å². The molecule has 1 amide bonds. The van der Waals surface area contributed by atoms with Crippen LogP contribution < -0.4 is 5.32 Å². The minimum absolute atomic E-state index is 0.0810. The second-order valence-corrected chi connectivity index (χ2v) is 10.5. The smallest absolute Gasteiger partial charge is 0.310 e. The van der Waals surface area contributed by atoms with Gasteiger partial charge >= 0.3 is 5.97 Å². The van der Waals surface area contributed by atoms with Crippen LogP contribution >= 0.6 is 22.6 Å². The van der Waals surface area contributed by atoms with Crippen molar-refractivity contribution in [3.8, 4) is 5.69 Å². The van der Waals surface area contributed by atoms with Gasteiger partial charge < -0.3 is 4.74 Å². The summed E-state index contributed by atoms with van der Waals surface area (Å²) in [5.41, 5.74) is 0.927. The molecule has 1 aromatic heterocycles. The molecule has 3 aromatic rings. The standard InChI is InChI=1S/C22H22F2IN3O3/c1-4-31-18(30)11-13-5-10-16-20(19(13)24)28(15-8-6-14(23)7-9-15)21(26-16)27-17(29)12-22(2,3)25/h5-10H,4,11-12H2,1-3H3,(H,26,27,29).